The lowest BCUT2D eigenvalue weighted by atomic mass is 9.73. The lowest BCUT2D eigenvalue weighted by molar-refractivity contribution is 0.413. The van der Waals surface area contributed by atoms with Crippen molar-refractivity contribution in [2.24, 2.45) is 0 Å². The molecule has 0 amide bonds. The molecular weight excluding hydrogens is 527 g/mol. The van der Waals surface area contributed by atoms with Gasteiger partial charge >= 0.3 is 0 Å². The van der Waals surface area contributed by atoms with Gasteiger partial charge in [0, 0.05) is 49.0 Å². The maximum atomic E-state index is 13.7. The molecule has 1 fully saturated rings. The van der Waals surface area contributed by atoms with Crippen molar-refractivity contribution in [3.63, 3.8) is 0 Å². The molecule has 0 spiro atoms. The van der Waals surface area contributed by atoms with E-state index in [1.807, 2.05) is 31.5 Å². The van der Waals surface area contributed by atoms with Gasteiger partial charge in [-0.25, -0.2) is 17.5 Å². The Labute approximate surface area is 233 Å². The number of nitrogens with zero attached hydrogens (tertiary/aromatic N) is 6. The third-order valence-electron chi connectivity index (χ3n) is 7.84. The van der Waals surface area contributed by atoms with Gasteiger partial charge in [0.25, 0.3) is 0 Å². The van der Waals surface area contributed by atoms with Crippen molar-refractivity contribution in [3.8, 4) is 5.69 Å². The molecule has 1 aliphatic rings. The molecule has 0 saturated carbocycles. The number of sulfonamides is 1. The minimum atomic E-state index is -3.71. The van der Waals surface area contributed by atoms with Gasteiger partial charge in [0.05, 0.1) is 23.6 Å². The smallest absolute Gasteiger partial charge is 0.246 e. The van der Waals surface area contributed by atoms with Crippen molar-refractivity contribution < 1.29 is 12.8 Å². The second kappa shape index (κ2) is 10.3. The van der Waals surface area contributed by atoms with Crippen LogP contribution in [0.25, 0.3) is 16.6 Å². The predicted octanol–water partition coefficient (Wildman–Crippen LogP) is 5.05. The molecule has 6 rings (SSSR count). The number of aryl methyl sites for hydroxylation is 2. The van der Waals surface area contributed by atoms with Crippen LogP contribution in [0.3, 0.4) is 0 Å². The van der Waals surface area contributed by atoms with Gasteiger partial charge in [-0.2, -0.15) is 14.5 Å². The lowest BCUT2D eigenvalue weighted by Gasteiger charge is -2.32. The third kappa shape index (κ3) is 4.71. The number of halogens is 1. The van der Waals surface area contributed by atoms with Gasteiger partial charge in [0.1, 0.15) is 10.7 Å². The van der Waals surface area contributed by atoms with E-state index >= 15 is 0 Å². The predicted molar refractivity (Wildman–Crippen MR) is 151 cm³/mol. The molecule has 40 heavy (non-hydrogen) atoms. The average Bonchev–Trinajstić information content (AvgIpc) is 3.69. The fourth-order valence-corrected chi connectivity index (χ4v) is 7.39. The van der Waals surface area contributed by atoms with E-state index in [1.165, 1.54) is 18.3 Å². The van der Waals surface area contributed by atoms with Gasteiger partial charge in [-0.3, -0.25) is 9.67 Å². The molecule has 1 aliphatic heterocycles. The summed E-state index contributed by atoms with van der Waals surface area (Å²) < 4.78 is 46.1. The molecular formula is C30H31FN6O2S. The zero-order valence-corrected chi connectivity index (χ0v) is 23.4. The first-order valence-corrected chi connectivity index (χ1v) is 14.9. The molecule has 1 atom stereocenters. The van der Waals surface area contributed by atoms with E-state index in [1.54, 1.807) is 38.2 Å². The molecule has 0 bridgehead atoms. The van der Waals surface area contributed by atoms with Gasteiger partial charge in [-0.1, -0.05) is 13.0 Å². The summed E-state index contributed by atoms with van der Waals surface area (Å²) in [5, 5.41) is 9.79. The van der Waals surface area contributed by atoms with Gasteiger partial charge in [-0.05, 0) is 85.3 Å². The molecule has 1 unspecified atom stereocenters. The second-order valence-corrected chi connectivity index (χ2v) is 12.5. The van der Waals surface area contributed by atoms with E-state index in [4.69, 9.17) is 0 Å². The Kier molecular flexibility index (Phi) is 6.75. The van der Waals surface area contributed by atoms with Crippen LogP contribution in [0, 0.1) is 12.7 Å². The zero-order chi connectivity index (χ0) is 27.9. The summed E-state index contributed by atoms with van der Waals surface area (Å²) in [6.45, 7) is 5.53. The van der Waals surface area contributed by atoms with Crippen molar-refractivity contribution in [2.45, 2.75) is 50.0 Å². The monoisotopic (exact) mass is 558 g/mol. The molecule has 0 aliphatic carbocycles. The summed E-state index contributed by atoms with van der Waals surface area (Å²) in [6, 6.07) is 14.5. The molecule has 0 radical (unpaired) electrons. The molecule has 3 aromatic heterocycles. The number of hydrogen-bond donors (Lipinski definition) is 0. The van der Waals surface area contributed by atoms with Crippen molar-refractivity contribution in [1.29, 1.82) is 0 Å². The van der Waals surface area contributed by atoms with Crippen LogP contribution in [0.15, 0.2) is 84.4 Å². The van der Waals surface area contributed by atoms with E-state index in [-0.39, 0.29) is 10.7 Å². The van der Waals surface area contributed by atoms with Crippen molar-refractivity contribution >= 4 is 20.9 Å². The Bertz CT molecular complexity index is 1770. The molecule has 206 valence electrons. The zero-order valence-electron chi connectivity index (χ0n) is 22.5. The summed E-state index contributed by atoms with van der Waals surface area (Å²) in [4.78, 5) is 4.55. The van der Waals surface area contributed by atoms with Gasteiger partial charge in [-0.15, -0.1) is 0 Å². The van der Waals surface area contributed by atoms with E-state index in [9.17, 15) is 12.8 Å². The first kappa shape index (κ1) is 26.3. The van der Waals surface area contributed by atoms with E-state index in [0.717, 1.165) is 39.7 Å². The minimum Gasteiger partial charge on any atom is -0.271 e. The van der Waals surface area contributed by atoms with Crippen LogP contribution in [0.4, 0.5) is 4.39 Å². The number of hydrogen-bond acceptors (Lipinski definition) is 5. The molecule has 5 aromatic rings. The first-order chi connectivity index (χ1) is 19.3. The van der Waals surface area contributed by atoms with Crippen LogP contribution in [-0.2, 0) is 28.4 Å². The first-order valence-electron chi connectivity index (χ1n) is 13.5. The highest BCUT2D eigenvalue weighted by Crippen LogP contribution is 2.42. The summed E-state index contributed by atoms with van der Waals surface area (Å²) in [6.07, 6.45) is 10.7. The Hall–Kier alpha value is -3.89. The molecule has 4 heterocycles. The van der Waals surface area contributed by atoms with Gasteiger partial charge in [0.15, 0.2) is 0 Å². The highest BCUT2D eigenvalue weighted by Gasteiger charge is 2.45. The molecule has 10 heteroatoms. The van der Waals surface area contributed by atoms with E-state index in [0.29, 0.717) is 32.5 Å². The number of benzene rings is 2. The van der Waals surface area contributed by atoms with E-state index in [2.05, 4.69) is 34.2 Å². The lowest BCUT2D eigenvalue weighted by Crippen LogP contribution is -2.36. The fourth-order valence-electron chi connectivity index (χ4n) is 5.91. The maximum absolute atomic E-state index is 13.7. The number of rotatable bonds is 8. The van der Waals surface area contributed by atoms with Crippen LogP contribution < -0.4 is 0 Å². The number of aromatic nitrogens is 5. The maximum Gasteiger partial charge on any atom is 0.246 e. The van der Waals surface area contributed by atoms with Crippen LogP contribution in [0.5, 0.6) is 0 Å². The fraction of sp³-hybridized carbons (Fsp3) is 0.300. The summed E-state index contributed by atoms with van der Waals surface area (Å²) in [7, 11) is -3.71. The van der Waals surface area contributed by atoms with Crippen LogP contribution in [0.1, 0.15) is 36.5 Å². The topological polar surface area (TPSA) is 85.9 Å². The summed E-state index contributed by atoms with van der Waals surface area (Å²) >= 11 is 0. The molecule has 2 aromatic carbocycles. The summed E-state index contributed by atoms with van der Waals surface area (Å²) in [5.41, 5.74) is 4.44. The SMILES string of the molecule is CCCn1cc(S(=O)(=O)N2CCC(Cc3cccnc3)(c3cc4cnn(-c5ccc(F)cc5)c4cc3C)C2)cn1. The second-order valence-electron chi connectivity index (χ2n) is 10.6. The third-order valence-corrected chi connectivity index (χ3v) is 9.64. The van der Waals surface area contributed by atoms with Crippen LogP contribution in [0.2, 0.25) is 0 Å². The van der Waals surface area contributed by atoms with Crippen molar-refractivity contribution in [2.75, 3.05) is 13.1 Å². The normalized spacial score (nSPS) is 18.1. The molecule has 0 N–H and O–H groups in total. The van der Waals surface area contributed by atoms with Crippen LogP contribution >= 0.6 is 0 Å². The standard InChI is InChI=1S/C30H31FN6O2S/c1-3-12-35-20-27(19-33-35)40(38,39)36-13-10-30(21-36,16-23-5-4-11-32-17-23)28-15-24-18-34-37(29(24)14-22(28)2)26-8-6-25(31)7-9-26/h4-9,11,14-15,17-20H,3,10,12-13,16,21H2,1-2H3. The van der Waals surface area contributed by atoms with Gasteiger partial charge < -0.3 is 0 Å². The average molecular weight is 559 g/mol. The molecule has 8 nitrogen and oxygen atoms in total. The Morgan fingerprint density at radius 3 is 2.62 bits per heavy atom. The van der Waals surface area contributed by atoms with E-state index < -0.39 is 15.4 Å². The Balaban J connectivity index is 1.41. The summed E-state index contributed by atoms with van der Waals surface area (Å²) in [5.74, 6) is -0.297. The quantitative estimate of drug-likeness (QED) is 0.266. The number of pyridine rings is 1. The van der Waals surface area contributed by atoms with Crippen LogP contribution in [-0.4, -0.2) is 50.4 Å². The van der Waals surface area contributed by atoms with Gasteiger partial charge in [0.2, 0.25) is 10.0 Å². The highest BCUT2D eigenvalue weighted by molar-refractivity contribution is 7.89. The number of fused-ring (bicyclic) bond motifs is 1. The Morgan fingerprint density at radius 1 is 1.05 bits per heavy atom. The minimum absolute atomic E-state index is 0.228. The van der Waals surface area contributed by atoms with Crippen molar-refractivity contribution in [3.05, 3.63) is 102 Å². The highest BCUT2D eigenvalue weighted by atomic mass is 32.2. The Morgan fingerprint density at radius 2 is 1.88 bits per heavy atom. The molecule has 1 saturated heterocycles. The largest absolute Gasteiger partial charge is 0.271 e. The van der Waals surface area contributed by atoms with Crippen molar-refractivity contribution in [1.82, 2.24) is 28.9 Å².